The van der Waals surface area contributed by atoms with E-state index in [0.29, 0.717) is 0 Å². The van der Waals surface area contributed by atoms with Crippen molar-refractivity contribution in [1.29, 1.82) is 0 Å². The molecule has 2 nitrogen and oxygen atoms in total. The van der Waals surface area contributed by atoms with Crippen LogP contribution in [0, 0.1) is 0 Å². The topological polar surface area (TPSA) is 26.3 Å². The Kier molecular flexibility index (Phi) is 8.86. The van der Waals surface area contributed by atoms with Gasteiger partial charge in [-0.2, -0.15) is 0 Å². The van der Waals surface area contributed by atoms with E-state index in [0.717, 1.165) is 0 Å². The van der Waals surface area contributed by atoms with E-state index < -0.39 is 9.76 Å². The molecule has 0 atom stereocenters. The van der Waals surface area contributed by atoms with E-state index >= 15 is 0 Å². The number of hydrogen-bond acceptors (Lipinski definition) is 2. The average molecular weight is 222 g/mol. The second-order valence-electron chi connectivity index (χ2n) is 1.40. The second kappa shape index (κ2) is 7.01. The summed E-state index contributed by atoms with van der Waals surface area (Å²) in [5, 5.41) is 0. The molecule has 0 radical (unpaired) electrons. The van der Waals surface area contributed by atoms with Gasteiger partial charge in [0.15, 0.2) is 0 Å². The predicted octanol–water partition coefficient (Wildman–Crippen LogP) is 2.95. The number of esters is 1. The Labute approximate surface area is 81.8 Å². The van der Waals surface area contributed by atoms with Crippen LogP contribution in [0.4, 0.5) is 0 Å². The molecule has 0 saturated carbocycles. The quantitative estimate of drug-likeness (QED) is 0.503. The molecule has 0 aromatic heterocycles. The highest BCUT2D eigenvalue weighted by molar-refractivity contribution is 6.67. The van der Waals surface area contributed by atoms with Gasteiger partial charge in [-0.3, -0.25) is 4.79 Å². The zero-order valence-electron chi connectivity index (χ0n) is 6.66. The second-order valence-corrected chi connectivity index (χ2v) is 3.91. The van der Waals surface area contributed by atoms with Crippen molar-refractivity contribution < 1.29 is 9.53 Å². The lowest BCUT2D eigenvalue weighted by Gasteiger charge is -2.08. The number of carbonyl (C=O) groups excluding carboxylic acids is 1. The first-order valence-electron chi connectivity index (χ1n) is 3.12. The van der Waals surface area contributed by atoms with Crippen LogP contribution in [0.5, 0.6) is 0 Å². The third-order valence-electron chi connectivity index (χ3n) is 0.439. The summed E-state index contributed by atoms with van der Waals surface area (Å²) in [5.41, 5.74) is 0. The molecule has 0 rings (SSSR count). The molecule has 0 aliphatic rings. The van der Waals surface area contributed by atoms with E-state index in [1.54, 1.807) is 0 Å². The zero-order chi connectivity index (χ0) is 9.49. The van der Waals surface area contributed by atoms with Gasteiger partial charge in [0.05, 0.1) is 0 Å². The molecule has 0 N–H and O–H groups in total. The Morgan fingerprint density at radius 2 is 1.73 bits per heavy atom. The zero-order valence-corrected chi connectivity index (χ0v) is 8.93. The fraction of sp³-hybridized carbons (Fsp3) is 0.833. The number of carbonyl (C=O) groups is 1. The fourth-order valence-corrected chi connectivity index (χ4v) is 0.347. The number of halogens is 3. The van der Waals surface area contributed by atoms with Crippen molar-refractivity contribution in [3.8, 4) is 0 Å². The van der Waals surface area contributed by atoms with E-state index in [1.807, 2.05) is 13.8 Å². The minimum atomic E-state index is -1.49. The minimum Gasteiger partial charge on any atom is -0.461 e. The van der Waals surface area contributed by atoms with E-state index in [4.69, 9.17) is 34.8 Å². The fourth-order valence-electron chi connectivity index (χ4n) is 0.183. The molecule has 68 valence electrons. The lowest BCUT2D eigenvalue weighted by molar-refractivity contribution is -0.140. The van der Waals surface area contributed by atoms with Crippen molar-refractivity contribution in [3.05, 3.63) is 0 Å². The van der Waals surface area contributed by atoms with Gasteiger partial charge < -0.3 is 4.74 Å². The summed E-state index contributed by atoms with van der Waals surface area (Å²) >= 11 is 15.7. The molecule has 5 heteroatoms. The van der Waals surface area contributed by atoms with Crippen LogP contribution >= 0.6 is 34.8 Å². The van der Waals surface area contributed by atoms with Crippen LogP contribution in [0.25, 0.3) is 0 Å². The Morgan fingerprint density at radius 3 is 1.82 bits per heavy atom. The van der Waals surface area contributed by atoms with Gasteiger partial charge in [-0.25, -0.2) is 0 Å². The molecule has 0 unspecified atom stereocenters. The summed E-state index contributed by atoms with van der Waals surface area (Å²) < 4.78 is 2.88. The van der Waals surface area contributed by atoms with Crippen LogP contribution in [-0.4, -0.2) is 16.4 Å². The van der Waals surface area contributed by atoms with E-state index in [9.17, 15) is 4.79 Å². The number of rotatable bonds is 1. The first-order valence-corrected chi connectivity index (χ1v) is 4.25. The van der Waals surface area contributed by atoms with Crippen molar-refractivity contribution in [2.75, 3.05) is 6.61 Å². The number of hydrogen-bond donors (Lipinski definition) is 0. The largest absolute Gasteiger partial charge is 0.461 e. The van der Waals surface area contributed by atoms with Crippen molar-refractivity contribution in [2.24, 2.45) is 0 Å². The summed E-state index contributed by atoms with van der Waals surface area (Å²) in [6, 6.07) is 0. The molecule has 11 heavy (non-hydrogen) atoms. The standard InChI is InChI=1S/C4H5Cl3O2.C2H6/c1-3(8)9-2-4(5,6)7;1-2/h2H2,1H3;1-2H3. The molecule has 0 aliphatic carbocycles. The summed E-state index contributed by atoms with van der Waals surface area (Å²) in [6.07, 6.45) is 0. The van der Waals surface area contributed by atoms with Crippen LogP contribution in [0.2, 0.25) is 0 Å². The Balaban J connectivity index is 0. The summed E-state index contributed by atoms with van der Waals surface area (Å²) in [4.78, 5) is 10.1. The van der Waals surface area contributed by atoms with Gasteiger partial charge in [0.1, 0.15) is 6.61 Å². The molecule has 0 spiro atoms. The Bertz CT molecular complexity index is 109. The van der Waals surface area contributed by atoms with E-state index in [-0.39, 0.29) is 6.61 Å². The van der Waals surface area contributed by atoms with Crippen molar-refractivity contribution >= 4 is 40.8 Å². The summed E-state index contributed by atoms with van der Waals surface area (Å²) in [6.45, 7) is 5.05. The molecule has 0 saturated heterocycles. The number of alkyl halides is 3. The monoisotopic (exact) mass is 220 g/mol. The third kappa shape index (κ3) is 17.9. The van der Waals surface area contributed by atoms with Crippen LogP contribution in [0.3, 0.4) is 0 Å². The molecule has 0 fully saturated rings. The summed E-state index contributed by atoms with van der Waals surface area (Å²) in [7, 11) is 0. The number of ether oxygens (including phenoxy) is 1. The third-order valence-corrected chi connectivity index (χ3v) is 0.766. The predicted molar refractivity (Wildman–Crippen MR) is 48.3 cm³/mol. The first-order chi connectivity index (χ1) is 4.92. The van der Waals surface area contributed by atoms with E-state index in [2.05, 4.69) is 4.74 Å². The van der Waals surface area contributed by atoms with Gasteiger partial charge >= 0.3 is 5.97 Å². The van der Waals surface area contributed by atoms with Crippen molar-refractivity contribution in [1.82, 2.24) is 0 Å². The normalized spacial score (nSPS) is 9.64. The van der Waals surface area contributed by atoms with Gasteiger partial charge in [0, 0.05) is 6.92 Å². The molecule has 0 aromatic carbocycles. The van der Waals surface area contributed by atoms with Crippen molar-refractivity contribution in [2.45, 2.75) is 24.6 Å². The van der Waals surface area contributed by atoms with Gasteiger partial charge in [0.25, 0.3) is 0 Å². The van der Waals surface area contributed by atoms with Crippen LogP contribution in [0.1, 0.15) is 20.8 Å². The molecule has 0 bridgehead atoms. The maximum absolute atomic E-state index is 10.1. The molecule has 0 aromatic rings. The van der Waals surface area contributed by atoms with Gasteiger partial charge in [-0.15, -0.1) is 0 Å². The highest BCUT2D eigenvalue weighted by atomic mass is 35.6. The Morgan fingerprint density at radius 1 is 1.36 bits per heavy atom. The summed E-state index contributed by atoms with van der Waals surface area (Å²) in [5.74, 6) is -0.457. The molecule has 0 aliphatic heterocycles. The van der Waals surface area contributed by atoms with Gasteiger partial charge in [-0.1, -0.05) is 48.7 Å². The highest BCUT2D eigenvalue weighted by Gasteiger charge is 2.20. The average Bonchev–Trinajstić information content (AvgIpc) is 1.87. The highest BCUT2D eigenvalue weighted by Crippen LogP contribution is 2.25. The van der Waals surface area contributed by atoms with Crippen LogP contribution in [0.15, 0.2) is 0 Å². The van der Waals surface area contributed by atoms with Gasteiger partial charge in [-0.05, 0) is 0 Å². The molecular formula is C6H11Cl3O2. The van der Waals surface area contributed by atoms with Crippen molar-refractivity contribution in [3.63, 3.8) is 0 Å². The lowest BCUT2D eigenvalue weighted by Crippen LogP contribution is -2.15. The Hall–Kier alpha value is 0.340. The van der Waals surface area contributed by atoms with E-state index in [1.165, 1.54) is 6.92 Å². The van der Waals surface area contributed by atoms with Crippen LogP contribution < -0.4 is 0 Å². The first kappa shape index (κ1) is 13.9. The minimum absolute atomic E-state index is 0.201. The lowest BCUT2D eigenvalue weighted by atomic mass is 10.7. The maximum Gasteiger partial charge on any atom is 0.302 e. The SMILES string of the molecule is CC.CC(=O)OCC(Cl)(Cl)Cl. The maximum atomic E-state index is 10.1. The molecular weight excluding hydrogens is 210 g/mol. The molecule has 0 heterocycles. The molecule has 0 amide bonds. The smallest absolute Gasteiger partial charge is 0.302 e. The van der Waals surface area contributed by atoms with Gasteiger partial charge in [0.2, 0.25) is 3.79 Å². The van der Waals surface area contributed by atoms with Crippen LogP contribution in [-0.2, 0) is 9.53 Å².